The zero-order valence-electron chi connectivity index (χ0n) is 22.7. The van der Waals surface area contributed by atoms with E-state index in [-0.39, 0.29) is 22.5 Å². The van der Waals surface area contributed by atoms with Crippen molar-refractivity contribution >= 4 is 0 Å². The molecule has 2 aromatic carbocycles. The molecule has 0 amide bonds. The molecule has 2 aliphatic heterocycles. The zero-order chi connectivity index (χ0) is 25.7. The molecule has 2 N–H and O–H groups in total. The van der Waals surface area contributed by atoms with Crippen molar-refractivity contribution < 1.29 is 18.9 Å². The van der Waals surface area contributed by atoms with Gasteiger partial charge in [-0.15, -0.1) is 0 Å². The highest BCUT2D eigenvalue weighted by Gasteiger charge is 2.80. The monoisotopic (exact) mass is 516 g/mol. The van der Waals surface area contributed by atoms with Gasteiger partial charge < -0.3 is 24.7 Å². The topological polar surface area (TPSA) is 66.2 Å². The van der Waals surface area contributed by atoms with E-state index in [0.717, 1.165) is 61.0 Å². The summed E-state index contributed by atoms with van der Waals surface area (Å²) in [6.07, 6.45) is 8.46. The van der Waals surface area contributed by atoms with Crippen LogP contribution in [0.1, 0.15) is 55.2 Å². The van der Waals surface area contributed by atoms with Crippen LogP contribution in [0.5, 0.6) is 17.2 Å². The van der Waals surface area contributed by atoms with E-state index in [1.165, 1.54) is 36.9 Å². The van der Waals surface area contributed by atoms with Crippen LogP contribution in [0.4, 0.5) is 0 Å². The van der Waals surface area contributed by atoms with Crippen LogP contribution in [0.25, 0.3) is 0 Å². The summed E-state index contributed by atoms with van der Waals surface area (Å²) in [5, 5.41) is 0. The zero-order valence-corrected chi connectivity index (χ0v) is 22.7. The molecule has 4 saturated carbocycles. The van der Waals surface area contributed by atoms with Crippen LogP contribution in [0.3, 0.4) is 0 Å². The van der Waals surface area contributed by atoms with Gasteiger partial charge in [-0.3, -0.25) is 4.90 Å². The first-order valence-corrected chi connectivity index (χ1v) is 14.7. The lowest BCUT2D eigenvalue weighted by Gasteiger charge is -2.74. The third-order valence-corrected chi connectivity index (χ3v) is 11.6. The Labute approximate surface area is 225 Å². The number of nitrogens with zero attached hydrogens (tertiary/aromatic N) is 1. The smallest absolute Gasteiger partial charge is 0.166 e. The van der Waals surface area contributed by atoms with E-state index >= 15 is 0 Å². The lowest BCUT2D eigenvalue weighted by Crippen LogP contribution is -2.81. The highest BCUT2D eigenvalue weighted by Crippen LogP contribution is 2.76. The molecule has 0 unspecified atom stereocenters. The lowest BCUT2D eigenvalue weighted by atomic mass is 9.35. The Kier molecular flexibility index (Phi) is 5.04. The Morgan fingerprint density at radius 3 is 2.63 bits per heavy atom. The summed E-state index contributed by atoms with van der Waals surface area (Å²) in [4.78, 5) is 2.88. The normalized spacial score (nSPS) is 38.0. The molecule has 38 heavy (non-hydrogen) atoms. The number of ether oxygens (including phenoxy) is 4. The maximum Gasteiger partial charge on any atom is 0.166 e. The van der Waals surface area contributed by atoms with Crippen molar-refractivity contribution in [3.8, 4) is 17.2 Å². The minimum absolute atomic E-state index is 0.00131. The Hall–Kier alpha value is -2.28. The molecular formula is C32H40N2O4. The van der Waals surface area contributed by atoms with E-state index < -0.39 is 0 Å². The molecule has 1 saturated heterocycles. The number of benzene rings is 2. The third kappa shape index (κ3) is 2.84. The first-order chi connectivity index (χ1) is 18.6. The molecule has 7 aliphatic rings. The van der Waals surface area contributed by atoms with Gasteiger partial charge in [-0.25, -0.2) is 0 Å². The minimum atomic E-state index is -0.333. The fourth-order valence-electron chi connectivity index (χ4n) is 9.81. The van der Waals surface area contributed by atoms with Gasteiger partial charge in [0.25, 0.3) is 0 Å². The van der Waals surface area contributed by atoms with Crippen molar-refractivity contribution in [3.63, 3.8) is 0 Å². The quantitative estimate of drug-likeness (QED) is 0.559. The van der Waals surface area contributed by atoms with Gasteiger partial charge in [0.1, 0.15) is 24.1 Å². The van der Waals surface area contributed by atoms with Crippen molar-refractivity contribution in [2.75, 3.05) is 33.9 Å². The van der Waals surface area contributed by atoms with Crippen molar-refractivity contribution in [1.29, 1.82) is 0 Å². The molecule has 6 atom stereocenters. The van der Waals surface area contributed by atoms with E-state index in [9.17, 15) is 0 Å². The number of fused-ring (bicyclic) bond motifs is 2. The molecule has 2 aromatic rings. The molecule has 202 valence electrons. The van der Waals surface area contributed by atoms with Crippen molar-refractivity contribution in [3.05, 3.63) is 53.1 Å². The van der Waals surface area contributed by atoms with Crippen molar-refractivity contribution in [2.24, 2.45) is 23.0 Å². The number of hydrogen-bond donors (Lipinski definition) is 1. The second-order valence-electron chi connectivity index (χ2n) is 12.9. The van der Waals surface area contributed by atoms with Gasteiger partial charge in [0.2, 0.25) is 0 Å². The number of methoxy groups -OCH3 is 2. The van der Waals surface area contributed by atoms with E-state index in [2.05, 4.69) is 29.2 Å². The molecule has 5 fully saturated rings. The van der Waals surface area contributed by atoms with Gasteiger partial charge in [-0.05, 0) is 93.3 Å². The summed E-state index contributed by atoms with van der Waals surface area (Å²) < 4.78 is 25.5. The average molecular weight is 517 g/mol. The second kappa shape index (κ2) is 8.12. The van der Waals surface area contributed by atoms with Crippen LogP contribution in [0.2, 0.25) is 0 Å². The summed E-state index contributed by atoms with van der Waals surface area (Å²) >= 11 is 0. The molecule has 6 heteroatoms. The number of piperidine rings is 1. The van der Waals surface area contributed by atoms with Crippen LogP contribution in [0, 0.1) is 17.3 Å². The van der Waals surface area contributed by atoms with Gasteiger partial charge in [-0.2, -0.15) is 0 Å². The van der Waals surface area contributed by atoms with Gasteiger partial charge >= 0.3 is 0 Å². The summed E-state index contributed by atoms with van der Waals surface area (Å²) in [5.74, 6) is 3.93. The fraction of sp³-hybridized carbons (Fsp3) is 0.625. The molecule has 6 nitrogen and oxygen atoms in total. The predicted octanol–water partition coefficient (Wildman–Crippen LogP) is 4.46. The van der Waals surface area contributed by atoms with E-state index in [1.54, 1.807) is 7.11 Å². The first kappa shape index (κ1) is 23.6. The third-order valence-electron chi connectivity index (χ3n) is 11.6. The largest absolute Gasteiger partial charge is 0.497 e. The standard InChI is InChI=1S/C32H40N2O4/c1-35-24-8-5-21(6-9-24)19-37-25-10-7-22-15-26-30-11-12-32(36-2,23(16-30)17-33)29-31(30,27(22)28(25)38-29)13-14-34(26)18-20-3-4-20/h5-10,20,23,26,29H,3-4,11-19,33H2,1-2H3/t23-,26-,29-,30-,31+,32-/m1/s1. The number of rotatable bonds is 8. The van der Waals surface area contributed by atoms with Crippen LogP contribution in [-0.4, -0.2) is 56.5 Å². The summed E-state index contributed by atoms with van der Waals surface area (Å²) in [6, 6.07) is 13.2. The van der Waals surface area contributed by atoms with Gasteiger partial charge in [0.05, 0.1) is 7.11 Å². The van der Waals surface area contributed by atoms with Crippen molar-refractivity contribution in [1.82, 2.24) is 4.90 Å². The molecule has 2 spiro atoms. The molecule has 0 aromatic heterocycles. The Bertz CT molecular complexity index is 1260. The van der Waals surface area contributed by atoms with E-state index in [4.69, 9.17) is 24.7 Å². The molecule has 4 bridgehead atoms. The number of nitrogens with two attached hydrogens (primary N) is 1. The minimum Gasteiger partial charge on any atom is -0.497 e. The Morgan fingerprint density at radius 1 is 1.05 bits per heavy atom. The van der Waals surface area contributed by atoms with E-state index in [1.807, 2.05) is 19.2 Å². The van der Waals surface area contributed by atoms with Gasteiger partial charge in [0.15, 0.2) is 11.5 Å². The van der Waals surface area contributed by atoms with Crippen LogP contribution in [-0.2, 0) is 23.2 Å². The molecule has 9 rings (SSSR count). The summed E-state index contributed by atoms with van der Waals surface area (Å²) in [6.45, 7) is 3.58. The summed E-state index contributed by atoms with van der Waals surface area (Å²) in [5.41, 5.74) is 10.4. The van der Waals surface area contributed by atoms with Crippen LogP contribution >= 0.6 is 0 Å². The van der Waals surface area contributed by atoms with E-state index in [0.29, 0.717) is 25.1 Å². The molecule has 2 heterocycles. The number of hydrogen-bond acceptors (Lipinski definition) is 6. The Balaban J connectivity index is 1.23. The number of likely N-dealkylation sites (tertiary alicyclic amines) is 1. The predicted molar refractivity (Wildman–Crippen MR) is 145 cm³/mol. The van der Waals surface area contributed by atoms with Gasteiger partial charge in [0, 0.05) is 42.0 Å². The van der Waals surface area contributed by atoms with Gasteiger partial charge in [-0.1, -0.05) is 18.2 Å². The Morgan fingerprint density at radius 2 is 1.89 bits per heavy atom. The first-order valence-electron chi connectivity index (χ1n) is 14.7. The van der Waals surface area contributed by atoms with Crippen LogP contribution in [0.15, 0.2) is 36.4 Å². The molecule has 0 radical (unpaired) electrons. The average Bonchev–Trinajstić information content (AvgIpc) is 3.70. The second-order valence-corrected chi connectivity index (χ2v) is 12.9. The summed E-state index contributed by atoms with van der Waals surface area (Å²) in [7, 11) is 3.59. The van der Waals surface area contributed by atoms with Crippen LogP contribution < -0.4 is 19.9 Å². The highest BCUT2D eigenvalue weighted by atomic mass is 16.6. The maximum absolute atomic E-state index is 7.17. The SMILES string of the molecule is COc1ccc(COc2ccc3c4c2O[C@H]2[C@@]5(OC)CC[C@@]6(C[C@@H]5CN)[C@@H](C3)N(CC3CC3)CC[C@]426)cc1. The lowest BCUT2D eigenvalue weighted by molar-refractivity contribution is -0.275. The maximum atomic E-state index is 7.17. The van der Waals surface area contributed by atoms with Crippen molar-refractivity contribution in [2.45, 2.75) is 74.7 Å². The molecule has 5 aliphatic carbocycles. The molecular weight excluding hydrogens is 476 g/mol. The highest BCUT2D eigenvalue weighted by molar-refractivity contribution is 5.63. The fourth-order valence-corrected chi connectivity index (χ4v) is 9.81.